The van der Waals surface area contributed by atoms with E-state index in [0.717, 1.165) is 48.4 Å². The monoisotopic (exact) mass is 415 g/mol. The Morgan fingerprint density at radius 3 is 2.36 bits per heavy atom. The molecule has 0 fully saturated rings. The van der Waals surface area contributed by atoms with Crippen LogP contribution in [0.1, 0.15) is 63.8 Å². The summed E-state index contributed by atoms with van der Waals surface area (Å²) in [7, 11) is 0. The van der Waals surface area contributed by atoms with Gasteiger partial charge in [-0.1, -0.05) is 58.4 Å². The van der Waals surface area contributed by atoms with Crippen LogP contribution in [0.25, 0.3) is 21.3 Å². The summed E-state index contributed by atoms with van der Waals surface area (Å²) >= 11 is 8.07. The van der Waals surface area contributed by atoms with Crippen LogP contribution in [-0.2, 0) is 6.42 Å². The lowest BCUT2D eigenvalue weighted by atomic mass is 9.97. The molecular formula is C23H30ClN3S. The number of thiophene rings is 1. The van der Waals surface area contributed by atoms with Gasteiger partial charge >= 0.3 is 0 Å². The van der Waals surface area contributed by atoms with Gasteiger partial charge in [-0.05, 0) is 48.4 Å². The summed E-state index contributed by atoms with van der Waals surface area (Å²) in [4.78, 5) is 14.0. The molecule has 3 nitrogen and oxygen atoms in total. The normalized spacial score (nSPS) is 11.5. The number of nitrogens with zero attached hydrogens (tertiary/aromatic N) is 3. The van der Waals surface area contributed by atoms with Gasteiger partial charge in [0.05, 0.1) is 5.39 Å². The first-order valence-electron chi connectivity index (χ1n) is 10.3. The lowest BCUT2D eigenvalue weighted by Gasteiger charge is -2.23. The van der Waals surface area contributed by atoms with E-state index in [2.05, 4.69) is 68.8 Å². The topological polar surface area (TPSA) is 29.0 Å². The van der Waals surface area contributed by atoms with Crippen molar-refractivity contribution in [2.45, 2.75) is 59.8 Å². The van der Waals surface area contributed by atoms with Gasteiger partial charge in [-0.3, -0.25) is 0 Å². The van der Waals surface area contributed by atoms with E-state index in [1.165, 1.54) is 21.6 Å². The number of anilines is 1. The van der Waals surface area contributed by atoms with Crippen molar-refractivity contribution >= 4 is 39.0 Å². The van der Waals surface area contributed by atoms with Gasteiger partial charge in [0, 0.05) is 23.5 Å². The Morgan fingerprint density at radius 2 is 1.79 bits per heavy atom. The molecule has 0 spiro atoms. The molecule has 0 atom stereocenters. The number of aryl methyl sites for hydroxylation is 1. The molecule has 0 unspecified atom stereocenters. The van der Waals surface area contributed by atoms with E-state index in [4.69, 9.17) is 16.6 Å². The highest BCUT2D eigenvalue weighted by atomic mass is 35.5. The van der Waals surface area contributed by atoms with E-state index < -0.39 is 0 Å². The van der Waals surface area contributed by atoms with E-state index in [1.54, 1.807) is 11.3 Å². The van der Waals surface area contributed by atoms with E-state index >= 15 is 0 Å². The first-order chi connectivity index (χ1) is 13.5. The smallest absolute Gasteiger partial charge is 0.225 e. The lowest BCUT2D eigenvalue weighted by Crippen LogP contribution is -2.25. The Bertz CT molecular complexity index is 931. The van der Waals surface area contributed by atoms with E-state index in [0.29, 0.717) is 11.2 Å². The Kier molecular flexibility index (Phi) is 6.95. The van der Waals surface area contributed by atoms with Gasteiger partial charge in [0.2, 0.25) is 5.28 Å². The van der Waals surface area contributed by atoms with Crippen molar-refractivity contribution in [1.82, 2.24) is 9.97 Å². The molecule has 2 heterocycles. The summed E-state index contributed by atoms with van der Waals surface area (Å²) < 4.78 is 0. The van der Waals surface area contributed by atoms with Crippen LogP contribution in [0.3, 0.4) is 0 Å². The number of rotatable bonds is 8. The number of hydrogen-bond donors (Lipinski definition) is 0. The van der Waals surface area contributed by atoms with Crippen molar-refractivity contribution in [3.8, 4) is 11.1 Å². The fourth-order valence-electron chi connectivity index (χ4n) is 3.58. The van der Waals surface area contributed by atoms with Crippen molar-refractivity contribution in [2.75, 3.05) is 18.0 Å². The molecule has 0 aliphatic rings. The standard InChI is InChI=1S/C23H30ClN3S/c1-6-9-14-27(8-3)21-20-19(17-12-10-16(11-13-17)15(4)5)18(7-2)28-22(20)26-23(24)25-21/h10-13,15H,6-9,14H2,1-5H3. The zero-order chi connectivity index (χ0) is 20.3. The second kappa shape index (κ2) is 9.23. The highest BCUT2D eigenvalue weighted by Gasteiger charge is 2.22. The summed E-state index contributed by atoms with van der Waals surface area (Å²) in [5.74, 6) is 1.51. The van der Waals surface area contributed by atoms with E-state index in [9.17, 15) is 0 Å². The fourth-order valence-corrected chi connectivity index (χ4v) is 4.93. The molecule has 0 bridgehead atoms. The summed E-state index contributed by atoms with van der Waals surface area (Å²) in [6.45, 7) is 13.0. The van der Waals surface area contributed by atoms with Crippen LogP contribution in [0.4, 0.5) is 5.82 Å². The van der Waals surface area contributed by atoms with Crippen LogP contribution in [0.5, 0.6) is 0 Å². The second-order valence-corrected chi connectivity index (χ2v) is 8.88. The first kappa shape index (κ1) is 21.1. The van der Waals surface area contributed by atoms with Crippen LogP contribution in [0, 0.1) is 0 Å². The van der Waals surface area contributed by atoms with Crippen LogP contribution in [0.15, 0.2) is 24.3 Å². The number of benzene rings is 1. The minimum atomic E-state index is 0.336. The van der Waals surface area contributed by atoms with Crippen LogP contribution >= 0.6 is 22.9 Å². The summed E-state index contributed by atoms with van der Waals surface area (Å²) in [5.41, 5.74) is 3.88. The highest BCUT2D eigenvalue weighted by molar-refractivity contribution is 7.19. The predicted octanol–water partition coefficient (Wildman–Crippen LogP) is 7.32. The third-order valence-electron chi connectivity index (χ3n) is 5.23. The maximum atomic E-state index is 6.32. The molecule has 0 aliphatic carbocycles. The maximum Gasteiger partial charge on any atom is 0.225 e. The molecule has 150 valence electrons. The minimum Gasteiger partial charge on any atom is -0.356 e. The predicted molar refractivity (Wildman–Crippen MR) is 124 cm³/mol. The molecule has 5 heteroatoms. The molecule has 0 aliphatic heterocycles. The van der Waals surface area contributed by atoms with Crippen molar-refractivity contribution in [3.63, 3.8) is 0 Å². The quantitative estimate of drug-likeness (QED) is 0.360. The minimum absolute atomic E-state index is 0.336. The summed E-state index contributed by atoms with van der Waals surface area (Å²) in [5, 5.41) is 1.49. The van der Waals surface area contributed by atoms with Gasteiger partial charge in [0.1, 0.15) is 10.6 Å². The van der Waals surface area contributed by atoms with Crippen molar-refractivity contribution in [2.24, 2.45) is 0 Å². The number of hydrogen-bond acceptors (Lipinski definition) is 4. The number of aromatic nitrogens is 2. The van der Waals surface area contributed by atoms with Crippen molar-refractivity contribution in [1.29, 1.82) is 0 Å². The van der Waals surface area contributed by atoms with Crippen molar-refractivity contribution in [3.05, 3.63) is 40.0 Å². The highest BCUT2D eigenvalue weighted by Crippen LogP contribution is 2.43. The number of halogens is 1. The second-order valence-electron chi connectivity index (χ2n) is 7.46. The van der Waals surface area contributed by atoms with Gasteiger partial charge in [0.25, 0.3) is 0 Å². The zero-order valence-electron chi connectivity index (χ0n) is 17.6. The molecule has 0 N–H and O–H groups in total. The molecule has 2 aromatic heterocycles. The van der Waals surface area contributed by atoms with Crippen LogP contribution in [0.2, 0.25) is 5.28 Å². The number of fused-ring (bicyclic) bond motifs is 1. The zero-order valence-corrected chi connectivity index (χ0v) is 19.1. The van der Waals surface area contributed by atoms with Gasteiger partial charge in [-0.15, -0.1) is 11.3 Å². The molecule has 1 aromatic carbocycles. The van der Waals surface area contributed by atoms with E-state index in [1.807, 2.05) is 0 Å². The molecule has 0 radical (unpaired) electrons. The molecule has 3 aromatic rings. The number of unbranched alkanes of at least 4 members (excludes halogenated alkanes) is 1. The molecular weight excluding hydrogens is 386 g/mol. The fraction of sp³-hybridized carbons (Fsp3) is 0.478. The van der Waals surface area contributed by atoms with Crippen LogP contribution < -0.4 is 4.90 Å². The largest absolute Gasteiger partial charge is 0.356 e. The van der Waals surface area contributed by atoms with E-state index in [-0.39, 0.29) is 0 Å². The van der Waals surface area contributed by atoms with Gasteiger partial charge < -0.3 is 4.90 Å². The Morgan fingerprint density at radius 1 is 1.07 bits per heavy atom. The SMILES string of the molecule is CCCCN(CC)c1nc(Cl)nc2sc(CC)c(-c3ccc(C(C)C)cc3)c12. The molecule has 28 heavy (non-hydrogen) atoms. The van der Waals surface area contributed by atoms with Crippen molar-refractivity contribution < 1.29 is 0 Å². The average molecular weight is 416 g/mol. The Balaban J connectivity index is 2.23. The molecule has 3 rings (SSSR count). The Labute approximate surface area is 177 Å². The van der Waals surface area contributed by atoms with Crippen LogP contribution in [-0.4, -0.2) is 23.1 Å². The third-order valence-corrected chi connectivity index (χ3v) is 6.63. The summed E-state index contributed by atoms with van der Waals surface area (Å²) in [6, 6.07) is 8.98. The van der Waals surface area contributed by atoms with Gasteiger partial charge in [-0.2, -0.15) is 4.98 Å². The Hall–Kier alpha value is -1.65. The van der Waals surface area contributed by atoms with Gasteiger partial charge in [0.15, 0.2) is 0 Å². The first-order valence-corrected chi connectivity index (χ1v) is 11.5. The summed E-state index contributed by atoms with van der Waals surface area (Å²) in [6.07, 6.45) is 3.27. The lowest BCUT2D eigenvalue weighted by molar-refractivity contribution is 0.726. The molecule has 0 saturated carbocycles. The van der Waals surface area contributed by atoms with Gasteiger partial charge in [-0.25, -0.2) is 4.98 Å². The molecule has 0 amide bonds. The molecule has 0 saturated heterocycles. The maximum absolute atomic E-state index is 6.32. The average Bonchev–Trinajstić information content (AvgIpc) is 3.06. The third kappa shape index (κ3) is 4.18.